The van der Waals surface area contributed by atoms with Gasteiger partial charge in [0.25, 0.3) is 0 Å². The molecule has 20 heavy (non-hydrogen) atoms. The second-order valence-corrected chi connectivity index (χ2v) is 4.30. The molecule has 112 valence electrons. The first-order valence-corrected chi connectivity index (χ1v) is 6.85. The molecule has 0 aliphatic rings. The summed E-state index contributed by atoms with van der Waals surface area (Å²) < 4.78 is 13.7. The molecule has 0 aliphatic heterocycles. The van der Waals surface area contributed by atoms with Gasteiger partial charge in [0.2, 0.25) is 11.9 Å². The largest absolute Gasteiger partial charge is 0.356 e. The van der Waals surface area contributed by atoms with Crippen molar-refractivity contribution < 1.29 is 9.18 Å². The third-order valence-corrected chi connectivity index (χ3v) is 2.88. The van der Waals surface area contributed by atoms with Crippen LogP contribution in [-0.4, -0.2) is 46.5 Å². The summed E-state index contributed by atoms with van der Waals surface area (Å²) in [5.74, 6) is -0.299. The summed E-state index contributed by atoms with van der Waals surface area (Å²) in [6, 6.07) is -0.547. The zero-order chi connectivity index (χ0) is 15.1. The highest BCUT2D eigenvalue weighted by atomic mass is 19.1. The number of halogens is 1. The topological polar surface area (TPSA) is 70.2 Å². The lowest BCUT2D eigenvalue weighted by atomic mass is 10.2. The SMILES string of the molecule is CCNc1ncc(F)c(NC(C)C(=O)N(CC)CC)n1. The van der Waals surface area contributed by atoms with Crippen molar-refractivity contribution in [2.75, 3.05) is 30.3 Å². The molecule has 1 atom stereocenters. The van der Waals surface area contributed by atoms with E-state index in [0.29, 0.717) is 25.6 Å². The Balaban J connectivity index is 2.81. The van der Waals surface area contributed by atoms with Crippen molar-refractivity contribution in [1.29, 1.82) is 0 Å². The van der Waals surface area contributed by atoms with Crippen LogP contribution in [0.5, 0.6) is 0 Å². The van der Waals surface area contributed by atoms with E-state index in [-0.39, 0.29) is 11.7 Å². The van der Waals surface area contributed by atoms with Gasteiger partial charge in [0.05, 0.1) is 6.20 Å². The number of nitrogens with zero attached hydrogens (tertiary/aromatic N) is 3. The van der Waals surface area contributed by atoms with E-state index in [1.165, 1.54) is 0 Å². The molecule has 1 aromatic heterocycles. The minimum absolute atomic E-state index is 0.0314. The van der Waals surface area contributed by atoms with Gasteiger partial charge in [0, 0.05) is 19.6 Å². The molecule has 1 unspecified atom stereocenters. The molecule has 1 rings (SSSR count). The molecule has 7 heteroatoms. The number of rotatable bonds is 7. The molecule has 1 aromatic rings. The molecule has 1 heterocycles. The van der Waals surface area contributed by atoms with Crippen molar-refractivity contribution >= 4 is 17.7 Å². The average Bonchev–Trinajstić information content (AvgIpc) is 2.44. The summed E-state index contributed by atoms with van der Waals surface area (Å²) in [7, 11) is 0. The van der Waals surface area contributed by atoms with Gasteiger partial charge in [-0.3, -0.25) is 4.79 Å². The summed E-state index contributed by atoms with van der Waals surface area (Å²) in [4.78, 5) is 21.6. The maximum atomic E-state index is 13.7. The van der Waals surface area contributed by atoms with Crippen LogP contribution in [0.15, 0.2) is 6.20 Å². The quantitative estimate of drug-likeness (QED) is 0.797. The number of carbonyl (C=O) groups excluding carboxylic acids is 1. The van der Waals surface area contributed by atoms with Gasteiger partial charge in [-0.05, 0) is 27.7 Å². The molecule has 0 spiro atoms. The number of likely N-dealkylation sites (N-methyl/N-ethyl adjacent to an activating group) is 1. The molecule has 6 nitrogen and oxygen atoms in total. The maximum Gasteiger partial charge on any atom is 0.244 e. The Kier molecular flexibility index (Phi) is 6.14. The fourth-order valence-corrected chi connectivity index (χ4v) is 1.79. The lowest BCUT2D eigenvalue weighted by Crippen LogP contribution is -2.41. The van der Waals surface area contributed by atoms with Crippen LogP contribution in [-0.2, 0) is 4.79 Å². The van der Waals surface area contributed by atoms with E-state index in [2.05, 4.69) is 20.6 Å². The Morgan fingerprint density at radius 1 is 1.40 bits per heavy atom. The third kappa shape index (κ3) is 4.04. The van der Waals surface area contributed by atoms with Gasteiger partial charge in [0.15, 0.2) is 11.6 Å². The Labute approximate surface area is 118 Å². The van der Waals surface area contributed by atoms with E-state index in [4.69, 9.17) is 0 Å². The van der Waals surface area contributed by atoms with E-state index in [0.717, 1.165) is 6.20 Å². The molecule has 0 aromatic carbocycles. The number of amides is 1. The first-order valence-electron chi connectivity index (χ1n) is 6.85. The van der Waals surface area contributed by atoms with Crippen LogP contribution in [0, 0.1) is 5.82 Å². The van der Waals surface area contributed by atoms with Gasteiger partial charge in [-0.15, -0.1) is 0 Å². The number of hydrogen-bond donors (Lipinski definition) is 2. The molecule has 0 saturated heterocycles. The smallest absolute Gasteiger partial charge is 0.244 e. The molecule has 0 fully saturated rings. The van der Waals surface area contributed by atoms with Crippen molar-refractivity contribution in [1.82, 2.24) is 14.9 Å². The fourth-order valence-electron chi connectivity index (χ4n) is 1.79. The Morgan fingerprint density at radius 2 is 2.05 bits per heavy atom. The highest BCUT2D eigenvalue weighted by Gasteiger charge is 2.20. The van der Waals surface area contributed by atoms with Crippen molar-refractivity contribution in [3.05, 3.63) is 12.0 Å². The predicted octanol–water partition coefficient (Wildman–Crippen LogP) is 1.72. The van der Waals surface area contributed by atoms with E-state index >= 15 is 0 Å². The average molecular weight is 283 g/mol. The van der Waals surface area contributed by atoms with Gasteiger partial charge >= 0.3 is 0 Å². The van der Waals surface area contributed by atoms with E-state index in [9.17, 15) is 9.18 Å². The minimum atomic E-state index is -0.578. The van der Waals surface area contributed by atoms with Gasteiger partial charge in [-0.2, -0.15) is 4.98 Å². The molecule has 0 saturated carbocycles. The molecule has 0 radical (unpaired) electrons. The number of nitrogens with one attached hydrogen (secondary N) is 2. The lowest BCUT2D eigenvalue weighted by molar-refractivity contribution is -0.131. The highest BCUT2D eigenvalue weighted by molar-refractivity contribution is 5.84. The monoisotopic (exact) mass is 283 g/mol. The van der Waals surface area contributed by atoms with E-state index in [1.807, 2.05) is 20.8 Å². The fraction of sp³-hybridized carbons (Fsp3) is 0.615. The highest BCUT2D eigenvalue weighted by Crippen LogP contribution is 2.13. The molecule has 0 bridgehead atoms. The van der Waals surface area contributed by atoms with E-state index < -0.39 is 11.9 Å². The van der Waals surface area contributed by atoms with Gasteiger partial charge in [0.1, 0.15) is 6.04 Å². The van der Waals surface area contributed by atoms with Gasteiger partial charge < -0.3 is 15.5 Å². The van der Waals surface area contributed by atoms with Crippen molar-refractivity contribution in [3.63, 3.8) is 0 Å². The molecule has 1 amide bonds. The molecular weight excluding hydrogens is 261 g/mol. The second-order valence-electron chi connectivity index (χ2n) is 4.30. The van der Waals surface area contributed by atoms with Gasteiger partial charge in [-0.1, -0.05) is 0 Å². The van der Waals surface area contributed by atoms with Crippen LogP contribution >= 0.6 is 0 Å². The summed E-state index contributed by atoms with van der Waals surface area (Å²) in [5.41, 5.74) is 0. The van der Waals surface area contributed by atoms with Crippen LogP contribution < -0.4 is 10.6 Å². The molecule has 0 aliphatic carbocycles. The summed E-state index contributed by atoms with van der Waals surface area (Å²) in [6.45, 7) is 9.28. The normalized spacial score (nSPS) is 11.8. The van der Waals surface area contributed by atoms with Crippen LogP contribution in [0.25, 0.3) is 0 Å². The summed E-state index contributed by atoms with van der Waals surface area (Å²) >= 11 is 0. The van der Waals surface area contributed by atoms with Crippen molar-refractivity contribution in [3.8, 4) is 0 Å². The Bertz CT molecular complexity index is 450. The summed E-state index contributed by atoms with van der Waals surface area (Å²) in [6.07, 6.45) is 1.09. The van der Waals surface area contributed by atoms with Crippen molar-refractivity contribution in [2.45, 2.75) is 33.7 Å². The Morgan fingerprint density at radius 3 is 2.60 bits per heavy atom. The zero-order valence-electron chi connectivity index (χ0n) is 12.4. The van der Waals surface area contributed by atoms with Gasteiger partial charge in [-0.25, -0.2) is 9.37 Å². The number of aromatic nitrogens is 2. The molecule has 2 N–H and O–H groups in total. The first kappa shape index (κ1) is 16.1. The molecular formula is C13H22FN5O. The number of hydrogen-bond acceptors (Lipinski definition) is 5. The Hall–Kier alpha value is -1.92. The van der Waals surface area contributed by atoms with Crippen molar-refractivity contribution in [2.24, 2.45) is 0 Å². The van der Waals surface area contributed by atoms with Crippen LogP contribution in [0.4, 0.5) is 16.2 Å². The van der Waals surface area contributed by atoms with Crippen LogP contribution in [0.3, 0.4) is 0 Å². The number of anilines is 2. The second kappa shape index (κ2) is 7.62. The third-order valence-electron chi connectivity index (χ3n) is 2.88. The van der Waals surface area contributed by atoms with Crippen LogP contribution in [0.2, 0.25) is 0 Å². The maximum absolute atomic E-state index is 13.7. The van der Waals surface area contributed by atoms with Crippen LogP contribution in [0.1, 0.15) is 27.7 Å². The minimum Gasteiger partial charge on any atom is -0.356 e. The predicted molar refractivity (Wildman–Crippen MR) is 77.2 cm³/mol. The van der Waals surface area contributed by atoms with E-state index in [1.54, 1.807) is 11.8 Å². The standard InChI is InChI=1S/C13H22FN5O/c1-5-15-13-16-8-10(14)11(18-13)17-9(4)12(20)19(6-2)7-3/h8-9H,5-7H2,1-4H3,(H2,15,16,17,18). The first-order chi connectivity index (χ1) is 9.53. The summed E-state index contributed by atoms with van der Waals surface area (Å²) in [5, 5.41) is 5.70. The lowest BCUT2D eigenvalue weighted by Gasteiger charge is -2.23. The zero-order valence-corrected chi connectivity index (χ0v) is 12.4. The number of carbonyl (C=O) groups is 1.